The Hall–Kier alpha value is -0.610. The average molecular weight is 359 g/mol. The molecular formula is C21H42O4. The zero-order valence-corrected chi connectivity index (χ0v) is 16.6. The molecule has 4 nitrogen and oxygen atoms in total. The van der Waals surface area contributed by atoms with Crippen molar-refractivity contribution in [2.45, 2.75) is 103 Å². The van der Waals surface area contributed by atoms with E-state index in [1.807, 2.05) is 0 Å². The Kier molecular flexibility index (Phi) is 20.9. The zero-order chi connectivity index (χ0) is 18.4. The first-order chi connectivity index (χ1) is 12.3. The van der Waals surface area contributed by atoms with E-state index >= 15 is 0 Å². The molecule has 0 aromatic rings. The zero-order valence-electron chi connectivity index (χ0n) is 16.6. The number of hydrogen-bond donors (Lipinski definition) is 1. The summed E-state index contributed by atoms with van der Waals surface area (Å²) in [5.74, 6) is -0.133. The van der Waals surface area contributed by atoms with E-state index in [0.29, 0.717) is 19.6 Å². The summed E-state index contributed by atoms with van der Waals surface area (Å²) >= 11 is 0. The van der Waals surface area contributed by atoms with Gasteiger partial charge in [0.15, 0.2) is 0 Å². The smallest absolute Gasteiger partial charge is 0.305 e. The van der Waals surface area contributed by atoms with E-state index in [9.17, 15) is 4.79 Å². The van der Waals surface area contributed by atoms with E-state index in [0.717, 1.165) is 12.8 Å². The van der Waals surface area contributed by atoms with Crippen molar-refractivity contribution in [2.75, 3.05) is 26.4 Å². The van der Waals surface area contributed by atoms with Gasteiger partial charge >= 0.3 is 5.97 Å². The number of hydrogen-bond acceptors (Lipinski definition) is 4. The minimum atomic E-state index is -0.133. The molecule has 0 aliphatic rings. The number of esters is 1. The maximum absolute atomic E-state index is 11.5. The predicted molar refractivity (Wildman–Crippen MR) is 104 cm³/mol. The molecule has 0 aliphatic carbocycles. The molecule has 0 fully saturated rings. The predicted octanol–water partition coefficient (Wildman–Crippen LogP) is 5.41. The van der Waals surface area contributed by atoms with Gasteiger partial charge in [0.2, 0.25) is 0 Å². The molecule has 0 aliphatic heterocycles. The van der Waals surface area contributed by atoms with Crippen LogP contribution in [-0.4, -0.2) is 37.5 Å². The van der Waals surface area contributed by atoms with Crippen LogP contribution in [0.2, 0.25) is 0 Å². The van der Waals surface area contributed by atoms with Gasteiger partial charge in [-0.15, -0.1) is 0 Å². The van der Waals surface area contributed by atoms with Crippen LogP contribution >= 0.6 is 0 Å². The fraction of sp³-hybridized carbons (Fsp3) is 0.952. The molecule has 150 valence electrons. The van der Waals surface area contributed by atoms with Gasteiger partial charge in [-0.05, 0) is 6.42 Å². The van der Waals surface area contributed by atoms with Crippen LogP contribution in [0.1, 0.15) is 103 Å². The third-order valence-corrected chi connectivity index (χ3v) is 4.46. The van der Waals surface area contributed by atoms with Gasteiger partial charge in [-0.3, -0.25) is 4.79 Å². The molecule has 0 radical (unpaired) electrons. The molecule has 0 aromatic heterocycles. The Morgan fingerprint density at radius 1 is 0.680 bits per heavy atom. The van der Waals surface area contributed by atoms with Crippen LogP contribution in [-0.2, 0) is 14.3 Å². The van der Waals surface area contributed by atoms with Gasteiger partial charge in [0.05, 0.1) is 19.8 Å². The number of carbonyl (C=O) groups is 1. The molecule has 0 rings (SSSR count). The first-order valence-electron chi connectivity index (χ1n) is 10.7. The van der Waals surface area contributed by atoms with Crippen molar-refractivity contribution in [3.63, 3.8) is 0 Å². The van der Waals surface area contributed by atoms with Crippen LogP contribution in [0.4, 0.5) is 0 Å². The van der Waals surface area contributed by atoms with Crippen molar-refractivity contribution < 1.29 is 19.4 Å². The summed E-state index contributed by atoms with van der Waals surface area (Å²) < 4.78 is 10.1. The molecule has 0 atom stereocenters. The van der Waals surface area contributed by atoms with Crippen LogP contribution in [0.3, 0.4) is 0 Å². The molecule has 0 amide bonds. The van der Waals surface area contributed by atoms with E-state index in [1.54, 1.807) is 0 Å². The summed E-state index contributed by atoms with van der Waals surface area (Å²) in [6.45, 7) is 3.23. The maximum atomic E-state index is 11.5. The molecule has 0 heterocycles. The second kappa shape index (κ2) is 21.4. The van der Waals surface area contributed by atoms with Gasteiger partial charge in [-0.2, -0.15) is 0 Å². The number of aliphatic hydroxyl groups is 1. The van der Waals surface area contributed by atoms with Gasteiger partial charge in [0.1, 0.15) is 6.61 Å². The van der Waals surface area contributed by atoms with Crippen LogP contribution < -0.4 is 0 Å². The Bertz CT molecular complexity index is 269. The van der Waals surface area contributed by atoms with Crippen molar-refractivity contribution in [3.05, 3.63) is 0 Å². The molecule has 4 heteroatoms. The molecule has 0 bridgehead atoms. The topological polar surface area (TPSA) is 55.8 Å². The van der Waals surface area contributed by atoms with Crippen molar-refractivity contribution in [1.29, 1.82) is 0 Å². The van der Waals surface area contributed by atoms with Crippen LogP contribution in [0.25, 0.3) is 0 Å². The molecule has 0 aromatic carbocycles. The van der Waals surface area contributed by atoms with Crippen molar-refractivity contribution in [1.82, 2.24) is 0 Å². The Labute approximate surface area is 155 Å². The quantitative estimate of drug-likeness (QED) is 0.233. The fourth-order valence-electron chi connectivity index (χ4n) is 2.92. The minimum absolute atomic E-state index is 0.00694. The summed E-state index contributed by atoms with van der Waals surface area (Å²) in [5.41, 5.74) is 0. The summed E-state index contributed by atoms with van der Waals surface area (Å²) in [5, 5.41) is 8.54. The summed E-state index contributed by atoms with van der Waals surface area (Å²) in [6, 6.07) is 0. The average Bonchev–Trinajstić information content (AvgIpc) is 2.62. The lowest BCUT2D eigenvalue weighted by atomic mass is 10.0. The van der Waals surface area contributed by atoms with Crippen LogP contribution in [0.5, 0.6) is 0 Å². The highest BCUT2D eigenvalue weighted by Crippen LogP contribution is 2.13. The standard InChI is InChI=1S/C21H42O4/c1-2-3-4-5-6-7-8-9-10-11-12-13-14-15-16-21(23)25-20-19-24-18-17-22/h22H,2-20H2,1H3. The lowest BCUT2D eigenvalue weighted by Gasteiger charge is -2.05. The Morgan fingerprint density at radius 2 is 1.16 bits per heavy atom. The lowest BCUT2D eigenvalue weighted by molar-refractivity contribution is -0.145. The highest BCUT2D eigenvalue weighted by molar-refractivity contribution is 5.69. The van der Waals surface area contributed by atoms with Gasteiger partial charge in [-0.1, -0.05) is 90.4 Å². The second-order valence-corrected chi connectivity index (χ2v) is 6.90. The van der Waals surface area contributed by atoms with Crippen LogP contribution in [0.15, 0.2) is 0 Å². The minimum Gasteiger partial charge on any atom is -0.463 e. The van der Waals surface area contributed by atoms with E-state index in [4.69, 9.17) is 14.6 Å². The highest BCUT2D eigenvalue weighted by atomic mass is 16.6. The number of carbonyl (C=O) groups excluding carboxylic acids is 1. The molecule has 0 saturated carbocycles. The van der Waals surface area contributed by atoms with Crippen molar-refractivity contribution >= 4 is 5.97 Å². The largest absolute Gasteiger partial charge is 0.463 e. The molecule has 25 heavy (non-hydrogen) atoms. The molecular weight excluding hydrogens is 316 g/mol. The number of rotatable bonds is 20. The van der Waals surface area contributed by atoms with Gasteiger partial charge < -0.3 is 14.6 Å². The number of ether oxygens (including phenoxy) is 2. The monoisotopic (exact) mass is 358 g/mol. The lowest BCUT2D eigenvalue weighted by Crippen LogP contribution is -2.11. The van der Waals surface area contributed by atoms with Gasteiger partial charge in [0.25, 0.3) is 0 Å². The Morgan fingerprint density at radius 3 is 1.64 bits per heavy atom. The maximum Gasteiger partial charge on any atom is 0.305 e. The molecule has 1 N–H and O–H groups in total. The third kappa shape index (κ3) is 21.3. The number of unbranched alkanes of at least 4 members (excludes halogenated alkanes) is 13. The van der Waals surface area contributed by atoms with E-state index < -0.39 is 0 Å². The van der Waals surface area contributed by atoms with E-state index in [1.165, 1.54) is 77.0 Å². The first kappa shape index (κ1) is 24.4. The SMILES string of the molecule is CCCCCCCCCCCCCCCCC(=O)OCCOCCO. The molecule has 0 spiro atoms. The van der Waals surface area contributed by atoms with Crippen LogP contribution in [0, 0.1) is 0 Å². The van der Waals surface area contributed by atoms with E-state index in [2.05, 4.69) is 6.92 Å². The van der Waals surface area contributed by atoms with Crippen molar-refractivity contribution in [3.8, 4) is 0 Å². The summed E-state index contributed by atoms with van der Waals surface area (Å²) in [6.07, 6.45) is 19.0. The van der Waals surface area contributed by atoms with Gasteiger partial charge in [0, 0.05) is 6.42 Å². The molecule has 0 unspecified atom stereocenters. The second-order valence-electron chi connectivity index (χ2n) is 6.90. The normalized spacial score (nSPS) is 11.0. The summed E-state index contributed by atoms with van der Waals surface area (Å²) in [7, 11) is 0. The number of aliphatic hydroxyl groups excluding tert-OH is 1. The molecule has 0 saturated heterocycles. The Balaban J connectivity index is 3.09. The highest BCUT2D eigenvalue weighted by Gasteiger charge is 2.02. The first-order valence-corrected chi connectivity index (χ1v) is 10.7. The van der Waals surface area contributed by atoms with Crippen molar-refractivity contribution in [2.24, 2.45) is 0 Å². The third-order valence-electron chi connectivity index (χ3n) is 4.46. The fourth-order valence-corrected chi connectivity index (χ4v) is 2.92. The van der Waals surface area contributed by atoms with Gasteiger partial charge in [-0.25, -0.2) is 0 Å². The van der Waals surface area contributed by atoms with E-state index in [-0.39, 0.29) is 19.2 Å². The summed E-state index contributed by atoms with van der Waals surface area (Å²) in [4.78, 5) is 11.5.